The monoisotopic (exact) mass is 293 g/mol. The van der Waals surface area contributed by atoms with Gasteiger partial charge in [-0.3, -0.25) is 9.69 Å². The molecule has 0 aromatic heterocycles. The highest BCUT2D eigenvalue weighted by Gasteiger charge is 2.29. The summed E-state index contributed by atoms with van der Waals surface area (Å²) in [5.74, 6) is 0.806. The van der Waals surface area contributed by atoms with Crippen molar-refractivity contribution in [3.8, 4) is 16.9 Å². The molecular weight excluding hydrogens is 274 g/mol. The van der Waals surface area contributed by atoms with E-state index in [-0.39, 0.29) is 5.78 Å². The summed E-state index contributed by atoms with van der Waals surface area (Å²) in [6, 6.07) is 13.7. The molecule has 2 aliphatic rings. The van der Waals surface area contributed by atoms with Crippen molar-refractivity contribution in [3.63, 3.8) is 0 Å². The highest BCUT2D eigenvalue weighted by atomic mass is 16.5. The number of likely N-dealkylation sites (tertiary alicyclic amines) is 1. The Labute approximate surface area is 130 Å². The van der Waals surface area contributed by atoms with Gasteiger partial charge in [0, 0.05) is 12.1 Å². The summed E-state index contributed by atoms with van der Waals surface area (Å²) in [5, 5.41) is 0. The quantitative estimate of drug-likeness (QED) is 0.738. The molecule has 3 nitrogen and oxygen atoms in total. The molecule has 0 bridgehead atoms. The van der Waals surface area contributed by atoms with Crippen molar-refractivity contribution in [2.45, 2.75) is 12.8 Å². The topological polar surface area (TPSA) is 29.5 Å². The summed E-state index contributed by atoms with van der Waals surface area (Å²) in [6.07, 6.45) is 2.57. The SMILES string of the molecule is O=C1c2ccccc2-c2cccc(OCCN3CCCC3)c21. The molecule has 1 fully saturated rings. The second-order valence-electron chi connectivity index (χ2n) is 5.95. The van der Waals surface area contributed by atoms with Gasteiger partial charge in [0.1, 0.15) is 12.4 Å². The van der Waals surface area contributed by atoms with Gasteiger partial charge < -0.3 is 4.74 Å². The molecule has 0 N–H and O–H groups in total. The summed E-state index contributed by atoms with van der Waals surface area (Å²) in [5.41, 5.74) is 3.53. The van der Waals surface area contributed by atoms with Gasteiger partial charge in [0.15, 0.2) is 5.78 Å². The molecule has 0 radical (unpaired) electrons. The van der Waals surface area contributed by atoms with Crippen LogP contribution in [0.4, 0.5) is 0 Å². The average molecular weight is 293 g/mol. The van der Waals surface area contributed by atoms with Crippen LogP contribution in [0.15, 0.2) is 42.5 Å². The molecule has 1 aliphatic carbocycles. The van der Waals surface area contributed by atoms with Crippen LogP contribution in [-0.4, -0.2) is 36.9 Å². The van der Waals surface area contributed by atoms with Gasteiger partial charge >= 0.3 is 0 Å². The number of ketones is 1. The number of ether oxygens (including phenoxy) is 1. The van der Waals surface area contributed by atoms with Gasteiger partial charge in [0.2, 0.25) is 0 Å². The fourth-order valence-corrected chi connectivity index (χ4v) is 3.45. The number of carbonyl (C=O) groups excluding carboxylic acids is 1. The number of benzene rings is 2. The maximum Gasteiger partial charge on any atom is 0.198 e. The Morgan fingerprint density at radius 2 is 1.64 bits per heavy atom. The molecule has 3 heteroatoms. The Morgan fingerprint density at radius 1 is 0.909 bits per heavy atom. The molecule has 0 saturated carbocycles. The van der Waals surface area contributed by atoms with Crippen LogP contribution in [0.1, 0.15) is 28.8 Å². The largest absolute Gasteiger partial charge is 0.491 e. The Kier molecular flexibility index (Phi) is 3.43. The average Bonchev–Trinajstić information content (AvgIpc) is 3.16. The van der Waals surface area contributed by atoms with E-state index in [0.717, 1.165) is 34.5 Å². The zero-order valence-electron chi connectivity index (χ0n) is 12.5. The van der Waals surface area contributed by atoms with E-state index in [0.29, 0.717) is 6.61 Å². The maximum atomic E-state index is 12.6. The summed E-state index contributed by atoms with van der Waals surface area (Å²) in [4.78, 5) is 15.1. The van der Waals surface area contributed by atoms with Gasteiger partial charge in [-0.05, 0) is 43.1 Å². The molecule has 22 heavy (non-hydrogen) atoms. The van der Waals surface area contributed by atoms with E-state index in [4.69, 9.17) is 4.74 Å². The highest BCUT2D eigenvalue weighted by Crippen LogP contribution is 2.40. The Hall–Kier alpha value is -2.13. The third-order valence-corrected chi connectivity index (χ3v) is 4.58. The first kappa shape index (κ1) is 13.5. The van der Waals surface area contributed by atoms with Crippen molar-refractivity contribution >= 4 is 5.78 Å². The van der Waals surface area contributed by atoms with Crippen LogP contribution >= 0.6 is 0 Å². The molecule has 2 aromatic carbocycles. The van der Waals surface area contributed by atoms with Crippen molar-refractivity contribution in [3.05, 3.63) is 53.6 Å². The van der Waals surface area contributed by atoms with Crippen molar-refractivity contribution in [2.75, 3.05) is 26.2 Å². The zero-order valence-corrected chi connectivity index (χ0v) is 12.5. The lowest BCUT2D eigenvalue weighted by atomic mass is 10.1. The van der Waals surface area contributed by atoms with Crippen molar-refractivity contribution in [1.29, 1.82) is 0 Å². The molecule has 112 valence electrons. The molecule has 1 heterocycles. The van der Waals surface area contributed by atoms with Crippen molar-refractivity contribution < 1.29 is 9.53 Å². The molecule has 4 rings (SSSR count). The van der Waals surface area contributed by atoms with Crippen LogP contribution in [0.25, 0.3) is 11.1 Å². The summed E-state index contributed by atoms with van der Waals surface area (Å²) in [7, 11) is 0. The second-order valence-corrected chi connectivity index (χ2v) is 5.95. The van der Waals surface area contributed by atoms with E-state index in [1.165, 1.54) is 25.9 Å². The number of hydrogen-bond donors (Lipinski definition) is 0. The van der Waals surface area contributed by atoms with E-state index in [2.05, 4.69) is 4.90 Å². The summed E-state index contributed by atoms with van der Waals surface area (Å²) < 4.78 is 5.95. The zero-order chi connectivity index (χ0) is 14.9. The minimum Gasteiger partial charge on any atom is -0.491 e. The first-order chi connectivity index (χ1) is 10.8. The molecule has 2 aromatic rings. The van der Waals surface area contributed by atoms with Gasteiger partial charge in [0.05, 0.1) is 5.56 Å². The van der Waals surface area contributed by atoms with Crippen LogP contribution in [0.5, 0.6) is 5.75 Å². The first-order valence-electron chi connectivity index (χ1n) is 7.97. The lowest BCUT2D eigenvalue weighted by Crippen LogP contribution is -2.25. The Morgan fingerprint density at radius 3 is 2.45 bits per heavy atom. The minimum atomic E-state index is 0.0855. The predicted octanol–water partition coefficient (Wildman–Crippen LogP) is 3.37. The number of rotatable bonds is 4. The van der Waals surface area contributed by atoms with Crippen LogP contribution < -0.4 is 4.74 Å². The minimum absolute atomic E-state index is 0.0855. The fraction of sp³-hybridized carbons (Fsp3) is 0.316. The van der Waals surface area contributed by atoms with Gasteiger partial charge in [-0.2, -0.15) is 0 Å². The number of hydrogen-bond acceptors (Lipinski definition) is 3. The third kappa shape index (κ3) is 2.22. The molecular formula is C19H19NO2. The summed E-state index contributed by atoms with van der Waals surface area (Å²) >= 11 is 0. The lowest BCUT2D eigenvalue weighted by molar-refractivity contribution is 0.103. The molecule has 0 atom stereocenters. The standard InChI is InChI=1S/C19H19NO2/c21-19-16-7-2-1-6-14(16)15-8-5-9-17(18(15)19)22-13-12-20-10-3-4-11-20/h1-2,5-9H,3-4,10-13H2. The van der Waals surface area contributed by atoms with E-state index in [1.54, 1.807) is 0 Å². The molecule has 0 spiro atoms. The fourth-order valence-electron chi connectivity index (χ4n) is 3.45. The van der Waals surface area contributed by atoms with E-state index in [1.807, 2.05) is 42.5 Å². The summed E-state index contributed by atoms with van der Waals surface area (Å²) in [6.45, 7) is 3.91. The van der Waals surface area contributed by atoms with Crippen LogP contribution in [0, 0.1) is 0 Å². The third-order valence-electron chi connectivity index (χ3n) is 4.58. The molecule has 0 unspecified atom stereocenters. The van der Waals surface area contributed by atoms with Gasteiger partial charge in [-0.25, -0.2) is 0 Å². The van der Waals surface area contributed by atoms with Crippen molar-refractivity contribution in [1.82, 2.24) is 4.90 Å². The number of carbonyl (C=O) groups is 1. The van der Waals surface area contributed by atoms with Gasteiger partial charge in [0.25, 0.3) is 0 Å². The van der Waals surface area contributed by atoms with Crippen LogP contribution in [0.2, 0.25) is 0 Å². The predicted molar refractivity (Wildman–Crippen MR) is 86.5 cm³/mol. The number of nitrogens with zero attached hydrogens (tertiary/aromatic N) is 1. The van der Waals surface area contributed by atoms with Gasteiger partial charge in [-0.1, -0.05) is 36.4 Å². The molecule has 0 amide bonds. The molecule has 1 aliphatic heterocycles. The number of fused-ring (bicyclic) bond motifs is 3. The maximum absolute atomic E-state index is 12.6. The smallest absolute Gasteiger partial charge is 0.198 e. The first-order valence-corrected chi connectivity index (χ1v) is 7.97. The van der Waals surface area contributed by atoms with E-state index in [9.17, 15) is 4.79 Å². The van der Waals surface area contributed by atoms with Gasteiger partial charge in [-0.15, -0.1) is 0 Å². The highest BCUT2D eigenvalue weighted by molar-refractivity contribution is 6.23. The van der Waals surface area contributed by atoms with Crippen molar-refractivity contribution in [2.24, 2.45) is 0 Å². The lowest BCUT2D eigenvalue weighted by Gasteiger charge is -2.16. The van der Waals surface area contributed by atoms with E-state index >= 15 is 0 Å². The van der Waals surface area contributed by atoms with E-state index < -0.39 is 0 Å². The molecule has 1 saturated heterocycles. The second kappa shape index (κ2) is 5.58. The Balaban J connectivity index is 1.57. The Bertz CT molecular complexity index is 717. The van der Waals surface area contributed by atoms with Crippen LogP contribution in [-0.2, 0) is 0 Å². The normalized spacial score (nSPS) is 16.6. The van der Waals surface area contributed by atoms with Crippen LogP contribution in [0.3, 0.4) is 0 Å².